The minimum Gasteiger partial charge on any atom is -0.450 e. The number of nitro groups is 2. The van der Waals surface area contributed by atoms with E-state index in [0.717, 1.165) is 0 Å². The second-order valence-corrected chi connectivity index (χ2v) is 5.70. The lowest BCUT2D eigenvalue weighted by Crippen LogP contribution is -1.94. The maximum atomic E-state index is 11.0. The van der Waals surface area contributed by atoms with Gasteiger partial charge in [-0.1, -0.05) is 31.9 Å². The van der Waals surface area contributed by atoms with Crippen molar-refractivity contribution in [3.05, 3.63) is 65.6 Å². The van der Waals surface area contributed by atoms with Crippen LogP contribution >= 0.6 is 31.9 Å². The van der Waals surface area contributed by atoms with Crippen molar-refractivity contribution in [3.63, 3.8) is 0 Å². The first-order valence-electron chi connectivity index (χ1n) is 5.43. The van der Waals surface area contributed by atoms with E-state index in [4.69, 9.17) is 4.74 Å². The molecule has 0 N–H and O–H groups in total. The Hall–Kier alpha value is -2.00. The van der Waals surface area contributed by atoms with Gasteiger partial charge >= 0.3 is 5.69 Å². The van der Waals surface area contributed by atoms with Crippen molar-refractivity contribution < 1.29 is 14.6 Å². The first kappa shape index (κ1) is 15.4. The molecule has 0 saturated heterocycles. The Balaban J connectivity index is 2.43. The minimum atomic E-state index is -0.591. The summed E-state index contributed by atoms with van der Waals surface area (Å²) in [5.74, 6) is 0.122. The normalized spacial score (nSPS) is 10.2. The summed E-state index contributed by atoms with van der Waals surface area (Å²) in [6.45, 7) is 0. The van der Waals surface area contributed by atoms with Gasteiger partial charge < -0.3 is 4.74 Å². The summed E-state index contributed by atoms with van der Waals surface area (Å²) < 4.78 is 6.37. The van der Waals surface area contributed by atoms with Gasteiger partial charge in [0.05, 0.1) is 15.9 Å². The maximum absolute atomic E-state index is 11.0. The molecule has 0 atom stereocenters. The van der Waals surface area contributed by atoms with Gasteiger partial charge in [0, 0.05) is 21.1 Å². The molecule has 0 bridgehead atoms. The van der Waals surface area contributed by atoms with Crippen LogP contribution in [0.25, 0.3) is 0 Å². The zero-order valence-electron chi connectivity index (χ0n) is 10.2. The molecule has 108 valence electrons. The molecule has 0 aliphatic rings. The molecule has 0 radical (unpaired) electrons. The first-order chi connectivity index (χ1) is 9.86. The Kier molecular flexibility index (Phi) is 4.53. The molecule has 9 heteroatoms. The summed E-state index contributed by atoms with van der Waals surface area (Å²) in [5, 5.41) is 21.8. The average Bonchev–Trinajstić information content (AvgIpc) is 2.40. The fraction of sp³-hybridized carbons (Fsp3) is 0. The average molecular weight is 418 g/mol. The Bertz CT molecular complexity index is 736. The summed E-state index contributed by atoms with van der Waals surface area (Å²) in [6, 6.07) is 8.27. The molecule has 2 rings (SSSR count). The minimum absolute atomic E-state index is 0.00408. The number of non-ortho nitro benzene ring substituents is 1. The highest BCUT2D eigenvalue weighted by atomic mass is 79.9. The summed E-state index contributed by atoms with van der Waals surface area (Å²) >= 11 is 6.26. The predicted octanol–water partition coefficient (Wildman–Crippen LogP) is 4.82. The number of benzene rings is 2. The summed E-state index contributed by atoms with van der Waals surface area (Å²) in [6.07, 6.45) is 0. The van der Waals surface area contributed by atoms with Gasteiger partial charge in [-0.3, -0.25) is 20.2 Å². The second-order valence-electron chi connectivity index (χ2n) is 3.87. The zero-order valence-corrected chi connectivity index (χ0v) is 13.3. The molecule has 7 nitrogen and oxygen atoms in total. The molecule has 0 aliphatic heterocycles. The molecule has 0 spiro atoms. The van der Waals surface area contributed by atoms with E-state index in [1.54, 1.807) is 6.07 Å². The highest BCUT2D eigenvalue weighted by Crippen LogP contribution is 2.35. The Morgan fingerprint density at radius 3 is 2.24 bits per heavy atom. The lowest BCUT2D eigenvalue weighted by molar-refractivity contribution is -0.386. The Morgan fingerprint density at radius 1 is 0.905 bits per heavy atom. The molecule has 0 heterocycles. The number of rotatable bonds is 4. The topological polar surface area (TPSA) is 95.5 Å². The van der Waals surface area contributed by atoms with Crippen LogP contribution in [0.3, 0.4) is 0 Å². The molecule has 0 amide bonds. The predicted molar refractivity (Wildman–Crippen MR) is 81.7 cm³/mol. The highest BCUT2D eigenvalue weighted by molar-refractivity contribution is 9.10. The van der Waals surface area contributed by atoms with Gasteiger partial charge in [-0.2, -0.15) is 0 Å². The van der Waals surface area contributed by atoms with E-state index in [0.29, 0.717) is 8.95 Å². The van der Waals surface area contributed by atoms with Crippen molar-refractivity contribution in [2.24, 2.45) is 0 Å². The lowest BCUT2D eigenvalue weighted by atomic mass is 10.3. The number of ether oxygens (including phenoxy) is 1. The molecule has 2 aromatic carbocycles. The van der Waals surface area contributed by atoms with Crippen LogP contribution in [0.1, 0.15) is 0 Å². The first-order valence-corrected chi connectivity index (χ1v) is 7.02. The quantitative estimate of drug-likeness (QED) is 0.524. The van der Waals surface area contributed by atoms with Crippen LogP contribution < -0.4 is 4.74 Å². The summed E-state index contributed by atoms with van der Waals surface area (Å²) in [5.41, 5.74) is -0.425. The van der Waals surface area contributed by atoms with Crippen LogP contribution in [0.4, 0.5) is 11.4 Å². The lowest BCUT2D eigenvalue weighted by Gasteiger charge is -2.07. The molecular formula is C12H6Br2N2O5. The van der Waals surface area contributed by atoms with Crippen LogP contribution in [-0.4, -0.2) is 9.85 Å². The molecule has 0 fully saturated rings. The van der Waals surface area contributed by atoms with Gasteiger partial charge in [0.2, 0.25) is 5.75 Å². The number of nitrogens with zero attached hydrogens (tertiary/aromatic N) is 2. The van der Waals surface area contributed by atoms with Gasteiger partial charge in [-0.25, -0.2) is 0 Å². The standard InChI is InChI=1S/C12H6Br2N2O5/c13-7-1-2-12(11(5-7)16(19)20)21-10-4-8(14)3-9(6-10)15(17)18/h1-6H. The monoisotopic (exact) mass is 416 g/mol. The third-order valence-corrected chi connectivity index (χ3v) is 3.36. The van der Waals surface area contributed by atoms with Crippen molar-refractivity contribution in [1.29, 1.82) is 0 Å². The highest BCUT2D eigenvalue weighted by Gasteiger charge is 2.18. The van der Waals surface area contributed by atoms with E-state index in [2.05, 4.69) is 31.9 Å². The van der Waals surface area contributed by atoms with Crippen molar-refractivity contribution in [2.45, 2.75) is 0 Å². The van der Waals surface area contributed by atoms with Gasteiger partial charge in [0.15, 0.2) is 0 Å². The fourth-order valence-corrected chi connectivity index (χ4v) is 2.37. The van der Waals surface area contributed by atoms with Crippen molar-refractivity contribution in [2.75, 3.05) is 0 Å². The second kappa shape index (κ2) is 6.19. The molecule has 2 aromatic rings. The summed E-state index contributed by atoms with van der Waals surface area (Å²) in [7, 11) is 0. The van der Waals surface area contributed by atoms with E-state index in [9.17, 15) is 20.2 Å². The van der Waals surface area contributed by atoms with Crippen molar-refractivity contribution in [3.8, 4) is 11.5 Å². The van der Waals surface area contributed by atoms with Crippen molar-refractivity contribution in [1.82, 2.24) is 0 Å². The SMILES string of the molecule is O=[N+]([O-])c1cc(Br)cc(Oc2ccc(Br)cc2[N+](=O)[O-])c1. The van der Waals surface area contributed by atoms with Crippen molar-refractivity contribution >= 4 is 43.2 Å². The van der Waals surface area contributed by atoms with Crippen LogP contribution in [0.5, 0.6) is 11.5 Å². The number of nitro benzene ring substituents is 2. The van der Waals surface area contributed by atoms with Gasteiger partial charge in [-0.15, -0.1) is 0 Å². The molecular weight excluding hydrogens is 412 g/mol. The molecule has 0 aliphatic carbocycles. The van der Waals surface area contributed by atoms with E-state index in [1.165, 1.54) is 30.3 Å². The number of halogens is 2. The van der Waals surface area contributed by atoms with E-state index >= 15 is 0 Å². The smallest absolute Gasteiger partial charge is 0.312 e. The van der Waals surface area contributed by atoms with Gasteiger partial charge in [0.25, 0.3) is 5.69 Å². The Morgan fingerprint density at radius 2 is 1.62 bits per heavy atom. The van der Waals surface area contributed by atoms with E-state index in [-0.39, 0.29) is 22.9 Å². The van der Waals surface area contributed by atoms with Crippen LogP contribution in [0.2, 0.25) is 0 Å². The molecule has 0 saturated carbocycles. The van der Waals surface area contributed by atoms with E-state index < -0.39 is 9.85 Å². The van der Waals surface area contributed by atoms with Crippen LogP contribution in [0, 0.1) is 20.2 Å². The maximum Gasteiger partial charge on any atom is 0.312 e. The Labute approximate surface area is 135 Å². The third-order valence-electron chi connectivity index (χ3n) is 2.41. The zero-order chi connectivity index (χ0) is 15.6. The largest absolute Gasteiger partial charge is 0.450 e. The van der Waals surface area contributed by atoms with E-state index in [1.807, 2.05) is 0 Å². The fourth-order valence-electron chi connectivity index (χ4n) is 1.56. The third kappa shape index (κ3) is 3.76. The van der Waals surface area contributed by atoms with Crippen LogP contribution in [0.15, 0.2) is 45.3 Å². The molecule has 0 aromatic heterocycles. The van der Waals surface area contributed by atoms with Crippen LogP contribution in [-0.2, 0) is 0 Å². The molecule has 21 heavy (non-hydrogen) atoms. The van der Waals surface area contributed by atoms with Gasteiger partial charge in [0.1, 0.15) is 5.75 Å². The summed E-state index contributed by atoms with van der Waals surface area (Å²) in [4.78, 5) is 20.6. The molecule has 0 unspecified atom stereocenters. The number of hydrogen-bond donors (Lipinski definition) is 0. The number of hydrogen-bond acceptors (Lipinski definition) is 5. The van der Waals surface area contributed by atoms with Gasteiger partial charge in [-0.05, 0) is 18.2 Å².